The summed E-state index contributed by atoms with van der Waals surface area (Å²) in [6.07, 6.45) is 0. The number of hydrogen-bond acceptors (Lipinski definition) is 1. The van der Waals surface area contributed by atoms with E-state index in [0.717, 1.165) is 18.2 Å². The van der Waals surface area contributed by atoms with Crippen LogP contribution in [0.2, 0.25) is 15.1 Å². The topological polar surface area (TPSA) is 29.1 Å². The number of halogens is 5. The Balaban J connectivity index is 2.28. The molecular weight excluding hydrogens is 331 g/mol. The third kappa shape index (κ3) is 3.20. The minimum absolute atomic E-state index is 0.00195. The summed E-state index contributed by atoms with van der Waals surface area (Å²) in [6, 6.07) is 5.70. The molecule has 0 heterocycles. The Morgan fingerprint density at radius 1 is 0.900 bits per heavy atom. The van der Waals surface area contributed by atoms with Gasteiger partial charge in [-0.1, -0.05) is 34.8 Å². The summed E-state index contributed by atoms with van der Waals surface area (Å²) in [5, 5.41) is 2.11. The molecule has 104 valence electrons. The third-order valence-electron chi connectivity index (χ3n) is 2.43. The fourth-order valence-corrected chi connectivity index (χ4v) is 2.12. The van der Waals surface area contributed by atoms with Gasteiger partial charge in [-0.25, -0.2) is 8.78 Å². The first-order chi connectivity index (χ1) is 9.38. The summed E-state index contributed by atoms with van der Waals surface area (Å²) in [5.74, 6) is -2.04. The van der Waals surface area contributed by atoms with Gasteiger partial charge >= 0.3 is 0 Å². The number of hydrogen-bond donors (Lipinski definition) is 1. The Hall–Kier alpha value is -1.36. The minimum atomic E-state index is -0.765. The lowest BCUT2D eigenvalue weighted by atomic mass is 10.2. The van der Waals surface area contributed by atoms with Crippen molar-refractivity contribution in [1.29, 1.82) is 0 Å². The zero-order chi connectivity index (χ0) is 14.9. The molecule has 7 heteroatoms. The molecule has 0 aliphatic rings. The normalized spacial score (nSPS) is 10.4. The Bertz CT molecular complexity index is 692. The van der Waals surface area contributed by atoms with Crippen molar-refractivity contribution in [2.24, 2.45) is 0 Å². The molecule has 0 bridgehead atoms. The average Bonchev–Trinajstić information content (AvgIpc) is 2.38. The van der Waals surface area contributed by atoms with Crippen molar-refractivity contribution in [3.8, 4) is 0 Å². The molecule has 20 heavy (non-hydrogen) atoms. The number of rotatable bonds is 2. The van der Waals surface area contributed by atoms with Gasteiger partial charge in [-0.3, -0.25) is 4.79 Å². The van der Waals surface area contributed by atoms with Crippen LogP contribution in [0.3, 0.4) is 0 Å². The second kappa shape index (κ2) is 5.95. The number of anilines is 1. The molecule has 2 rings (SSSR count). The molecule has 0 atom stereocenters. The first kappa shape index (κ1) is 15.0. The van der Waals surface area contributed by atoms with E-state index in [9.17, 15) is 13.6 Å². The molecule has 0 radical (unpaired) electrons. The van der Waals surface area contributed by atoms with Gasteiger partial charge in [0.25, 0.3) is 5.91 Å². The van der Waals surface area contributed by atoms with E-state index < -0.39 is 17.5 Å². The molecule has 0 aliphatic heterocycles. The van der Waals surface area contributed by atoms with Crippen LogP contribution in [0.5, 0.6) is 0 Å². The first-order valence-corrected chi connectivity index (χ1v) is 6.43. The Labute approximate surface area is 128 Å². The van der Waals surface area contributed by atoms with Gasteiger partial charge in [0.1, 0.15) is 11.6 Å². The van der Waals surface area contributed by atoms with Gasteiger partial charge in [0.05, 0.1) is 20.6 Å². The maximum absolute atomic E-state index is 13.3. The Morgan fingerprint density at radius 3 is 2.20 bits per heavy atom. The largest absolute Gasteiger partial charge is 0.322 e. The SMILES string of the molecule is O=C(Nc1ccc(F)c(Cl)c1)c1cc(F)c(Cl)cc1Cl. The average molecular weight is 337 g/mol. The van der Waals surface area contributed by atoms with Crippen LogP contribution >= 0.6 is 34.8 Å². The Kier molecular flexibility index (Phi) is 4.48. The van der Waals surface area contributed by atoms with Crippen LogP contribution in [0.1, 0.15) is 10.4 Å². The molecule has 0 aliphatic carbocycles. The maximum atomic E-state index is 13.3. The summed E-state index contributed by atoms with van der Waals surface area (Å²) in [6.45, 7) is 0. The van der Waals surface area contributed by atoms with Gasteiger partial charge < -0.3 is 5.32 Å². The quantitative estimate of drug-likeness (QED) is 0.752. The molecule has 1 amide bonds. The zero-order valence-electron chi connectivity index (χ0n) is 9.68. The van der Waals surface area contributed by atoms with Crippen molar-refractivity contribution in [3.05, 3.63) is 62.6 Å². The summed E-state index contributed by atoms with van der Waals surface area (Å²) in [4.78, 5) is 12.0. The molecule has 0 spiro atoms. The zero-order valence-corrected chi connectivity index (χ0v) is 12.0. The smallest absolute Gasteiger partial charge is 0.257 e. The molecule has 0 fully saturated rings. The van der Waals surface area contributed by atoms with E-state index in [-0.39, 0.29) is 26.3 Å². The highest BCUT2D eigenvalue weighted by Gasteiger charge is 2.15. The summed E-state index contributed by atoms with van der Waals surface area (Å²) in [7, 11) is 0. The monoisotopic (exact) mass is 335 g/mol. The van der Waals surface area contributed by atoms with Crippen molar-refractivity contribution in [2.45, 2.75) is 0 Å². The third-order valence-corrected chi connectivity index (χ3v) is 3.32. The fraction of sp³-hybridized carbons (Fsp3) is 0. The van der Waals surface area contributed by atoms with Gasteiger partial charge in [-0.15, -0.1) is 0 Å². The van der Waals surface area contributed by atoms with E-state index in [0.29, 0.717) is 0 Å². The van der Waals surface area contributed by atoms with Gasteiger partial charge in [0.2, 0.25) is 0 Å². The second-order valence-electron chi connectivity index (χ2n) is 3.83. The molecule has 2 aromatic carbocycles. The van der Waals surface area contributed by atoms with Crippen molar-refractivity contribution in [2.75, 3.05) is 5.32 Å². The molecule has 0 unspecified atom stereocenters. The van der Waals surface area contributed by atoms with Crippen LogP contribution in [0.4, 0.5) is 14.5 Å². The van der Waals surface area contributed by atoms with E-state index in [1.54, 1.807) is 0 Å². The molecule has 2 aromatic rings. The van der Waals surface area contributed by atoms with Crippen LogP contribution in [-0.4, -0.2) is 5.91 Å². The lowest BCUT2D eigenvalue weighted by Crippen LogP contribution is -2.13. The van der Waals surface area contributed by atoms with Crippen molar-refractivity contribution in [1.82, 2.24) is 0 Å². The van der Waals surface area contributed by atoms with Crippen molar-refractivity contribution >= 4 is 46.4 Å². The summed E-state index contributed by atoms with van der Waals surface area (Å²) >= 11 is 17.0. The molecule has 1 N–H and O–H groups in total. The highest BCUT2D eigenvalue weighted by molar-refractivity contribution is 6.37. The Morgan fingerprint density at radius 2 is 1.55 bits per heavy atom. The van der Waals surface area contributed by atoms with E-state index in [1.165, 1.54) is 12.1 Å². The van der Waals surface area contributed by atoms with Gasteiger partial charge in [0.15, 0.2) is 0 Å². The number of benzene rings is 2. The van der Waals surface area contributed by atoms with Crippen LogP contribution in [-0.2, 0) is 0 Å². The highest BCUT2D eigenvalue weighted by Crippen LogP contribution is 2.26. The van der Waals surface area contributed by atoms with Gasteiger partial charge in [-0.05, 0) is 30.3 Å². The van der Waals surface area contributed by atoms with E-state index >= 15 is 0 Å². The lowest BCUT2D eigenvalue weighted by Gasteiger charge is -2.08. The predicted octanol–water partition coefficient (Wildman–Crippen LogP) is 5.18. The van der Waals surface area contributed by atoms with Crippen LogP contribution < -0.4 is 5.32 Å². The van der Waals surface area contributed by atoms with Gasteiger partial charge in [-0.2, -0.15) is 0 Å². The molecule has 2 nitrogen and oxygen atoms in total. The number of amides is 1. The minimum Gasteiger partial charge on any atom is -0.322 e. The first-order valence-electron chi connectivity index (χ1n) is 5.29. The second-order valence-corrected chi connectivity index (χ2v) is 5.05. The predicted molar refractivity (Wildman–Crippen MR) is 75.8 cm³/mol. The van der Waals surface area contributed by atoms with E-state index in [1.807, 2.05) is 0 Å². The van der Waals surface area contributed by atoms with Crippen LogP contribution in [0.25, 0.3) is 0 Å². The van der Waals surface area contributed by atoms with E-state index in [2.05, 4.69) is 5.32 Å². The fourth-order valence-electron chi connectivity index (χ4n) is 1.47. The maximum Gasteiger partial charge on any atom is 0.257 e. The molecule has 0 aromatic heterocycles. The number of carbonyl (C=O) groups is 1. The van der Waals surface area contributed by atoms with Crippen LogP contribution in [0, 0.1) is 11.6 Å². The summed E-state index contributed by atoms with van der Waals surface area (Å²) < 4.78 is 26.3. The highest BCUT2D eigenvalue weighted by atomic mass is 35.5. The number of nitrogens with one attached hydrogen (secondary N) is 1. The van der Waals surface area contributed by atoms with Gasteiger partial charge in [0, 0.05) is 5.69 Å². The van der Waals surface area contributed by atoms with E-state index in [4.69, 9.17) is 34.8 Å². The molecule has 0 saturated carbocycles. The molecule has 0 saturated heterocycles. The van der Waals surface area contributed by atoms with Crippen molar-refractivity contribution in [3.63, 3.8) is 0 Å². The van der Waals surface area contributed by atoms with Crippen LogP contribution in [0.15, 0.2) is 30.3 Å². The summed E-state index contributed by atoms with van der Waals surface area (Å²) in [5.41, 5.74) is 0.168. The lowest BCUT2D eigenvalue weighted by molar-refractivity contribution is 0.102. The number of carbonyl (C=O) groups excluding carboxylic acids is 1. The molecular formula is C13H6Cl3F2NO. The van der Waals surface area contributed by atoms with Crippen molar-refractivity contribution < 1.29 is 13.6 Å². The standard InChI is InChI=1S/C13H6Cl3F2NO/c14-8-5-10(16)12(18)4-7(8)13(20)19-6-1-2-11(17)9(15)3-6/h1-5H,(H,19,20).